The molecule has 0 amide bonds. The Bertz CT molecular complexity index is 1020. The van der Waals surface area contributed by atoms with Crippen molar-refractivity contribution >= 4 is 28.4 Å². The van der Waals surface area contributed by atoms with Gasteiger partial charge in [-0.15, -0.1) is 0 Å². The number of carbonyl (C=O) groups is 1. The molecular formula is C18H15FN2O3S. The van der Waals surface area contributed by atoms with E-state index in [0.29, 0.717) is 16.1 Å². The molecule has 2 aromatic carbocycles. The molecule has 0 saturated heterocycles. The van der Waals surface area contributed by atoms with Gasteiger partial charge < -0.3 is 4.74 Å². The molecule has 1 heterocycles. The number of ether oxygens (including phenoxy) is 1. The monoisotopic (exact) mass is 358 g/mol. The van der Waals surface area contributed by atoms with E-state index in [4.69, 9.17) is 4.74 Å². The zero-order valence-corrected chi connectivity index (χ0v) is 14.5. The summed E-state index contributed by atoms with van der Waals surface area (Å²) < 4.78 is 20.0. The number of fused-ring (bicyclic) bond motifs is 1. The molecule has 0 bridgehead atoms. The molecule has 0 saturated carbocycles. The van der Waals surface area contributed by atoms with Crippen LogP contribution in [0.25, 0.3) is 10.9 Å². The predicted molar refractivity (Wildman–Crippen MR) is 95.0 cm³/mol. The highest BCUT2D eigenvalue weighted by Crippen LogP contribution is 2.21. The number of benzene rings is 2. The minimum atomic E-state index is -0.588. The van der Waals surface area contributed by atoms with Gasteiger partial charge in [0.1, 0.15) is 0 Å². The van der Waals surface area contributed by atoms with Crippen molar-refractivity contribution in [3.8, 4) is 5.75 Å². The van der Waals surface area contributed by atoms with Gasteiger partial charge in [-0.25, -0.2) is 9.37 Å². The summed E-state index contributed by atoms with van der Waals surface area (Å²) in [5, 5.41) is 0.962. The third kappa shape index (κ3) is 3.41. The van der Waals surface area contributed by atoms with Crippen LogP contribution in [0.1, 0.15) is 10.4 Å². The molecule has 3 rings (SSSR count). The average molecular weight is 358 g/mol. The second-order valence-electron chi connectivity index (χ2n) is 5.34. The maximum absolute atomic E-state index is 13.7. The van der Waals surface area contributed by atoms with E-state index in [0.717, 1.165) is 17.8 Å². The lowest BCUT2D eigenvalue weighted by molar-refractivity contribution is 0.102. The standard InChI is InChI=1S/C18H15FN2O3S/c1-21-17(23)12-5-3-4-6-14(12)20-18(21)25-10-15(22)11-7-8-16(24-2)13(19)9-11/h3-9H,10H2,1-2H3. The van der Waals surface area contributed by atoms with E-state index in [2.05, 4.69) is 4.98 Å². The number of aromatic nitrogens is 2. The van der Waals surface area contributed by atoms with E-state index >= 15 is 0 Å². The van der Waals surface area contributed by atoms with Crippen LogP contribution in [0.4, 0.5) is 4.39 Å². The van der Waals surface area contributed by atoms with Crippen molar-refractivity contribution in [2.45, 2.75) is 5.16 Å². The number of carbonyl (C=O) groups excluding carboxylic acids is 1. The molecule has 0 fully saturated rings. The van der Waals surface area contributed by atoms with Crippen LogP contribution in [0, 0.1) is 5.82 Å². The minimum absolute atomic E-state index is 0.0460. The molecule has 5 nitrogen and oxygen atoms in total. The second-order valence-corrected chi connectivity index (χ2v) is 6.28. The Kier molecular flexibility index (Phi) is 4.85. The second kappa shape index (κ2) is 7.06. The first-order chi connectivity index (χ1) is 12.0. The van der Waals surface area contributed by atoms with Crippen LogP contribution in [0.15, 0.2) is 52.4 Å². The van der Waals surface area contributed by atoms with E-state index in [1.165, 1.54) is 23.8 Å². The van der Waals surface area contributed by atoms with Crippen molar-refractivity contribution in [2.24, 2.45) is 7.05 Å². The van der Waals surface area contributed by atoms with Crippen molar-refractivity contribution in [2.75, 3.05) is 12.9 Å². The maximum Gasteiger partial charge on any atom is 0.261 e. The molecule has 3 aromatic rings. The van der Waals surface area contributed by atoms with E-state index in [-0.39, 0.29) is 28.4 Å². The molecule has 0 unspecified atom stereocenters. The van der Waals surface area contributed by atoms with Crippen molar-refractivity contribution in [1.29, 1.82) is 0 Å². The van der Waals surface area contributed by atoms with Crippen LogP contribution in [0.5, 0.6) is 5.75 Å². The highest BCUT2D eigenvalue weighted by Gasteiger charge is 2.13. The highest BCUT2D eigenvalue weighted by atomic mass is 32.2. The summed E-state index contributed by atoms with van der Waals surface area (Å²) in [7, 11) is 2.98. The number of Topliss-reactive ketones (excluding diaryl/α,β-unsaturated/α-hetero) is 1. The molecular weight excluding hydrogens is 343 g/mol. The number of hydrogen-bond donors (Lipinski definition) is 0. The van der Waals surface area contributed by atoms with E-state index in [9.17, 15) is 14.0 Å². The first-order valence-corrected chi connectivity index (χ1v) is 8.45. The Morgan fingerprint density at radius 3 is 2.76 bits per heavy atom. The van der Waals surface area contributed by atoms with Crippen molar-refractivity contribution in [1.82, 2.24) is 9.55 Å². The number of halogens is 1. The first kappa shape index (κ1) is 17.2. The van der Waals surface area contributed by atoms with Crippen LogP contribution in [0.2, 0.25) is 0 Å². The van der Waals surface area contributed by atoms with Crippen LogP contribution >= 0.6 is 11.8 Å². The third-order valence-electron chi connectivity index (χ3n) is 3.75. The Balaban J connectivity index is 1.83. The van der Waals surface area contributed by atoms with Crippen LogP contribution in [-0.4, -0.2) is 28.2 Å². The number of methoxy groups -OCH3 is 1. The van der Waals surface area contributed by atoms with Crippen LogP contribution < -0.4 is 10.3 Å². The van der Waals surface area contributed by atoms with Gasteiger partial charge in [0.25, 0.3) is 5.56 Å². The highest BCUT2D eigenvalue weighted by molar-refractivity contribution is 7.99. The maximum atomic E-state index is 13.7. The summed E-state index contributed by atoms with van der Waals surface area (Å²) in [4.78, 5) is 29.1. The summed E-state index contributed by atoms with van der Waals surface area (Å²) in [5.41, 5.74) is 0.656. The molecule has 128 valence electrons. The topological polar surface area (TPSA) is 61.2 Å². The zero-order chi connectivity index (χ0) is 18.0. The van der Waals surface area contributed by atoms with Gasteiger partial charge in [-0.1, -0.05) is 23.9 Å². The molecule has 0 radical (unpaired) electrons. The van der Waals surface area contributed by atoms with Gasteiger partial charge in [-0.05, 0) is 30.3 Å². The van der Waals surface area contributed by atoms with Gasteiger partial charge >= 0.3 is 0 Å². The third-order valence-corrected chi connectivity index (χ3v) is 4.78. The normalized spacial score (nSPS) is 10.8. The fourth-order valence-corrected chi connectivity index (χ4v) is 3.25. The average Bonchev–Trinajstić information content (AvgIpc) is 2.63. The number of rotatable bonds is 5. The van der Waals surface area contributed by atoms with E-state index in [1.807, 2.05) is 0 Å². The van der Waals surface area contributed by atoms with Gasteiger partial charge in [0.2, 0.25) is 0 Å². The molecule has 0 aliphatic rings. The molecule has 7 heteroatoms. The zero-order valence-electron chi connectivity index (χ0n) is 13.7. The van der Waals surface area contributed by atoms with Crippen molar-refractivity contribution < 1.29 is 13.9 Å². The van der Waals surface area contributed by atoms with Gasteiger partial charge in [0.15, 0.2) is 22.5 Å². The number of nitrogens with zero attached hydrogens (tertiary/aromatic N) is 2. The minimum Gasteiger partial charge on any atom is -0.494 e. The molecule has 0 aliphatic heterocycles. The molecule has 1 aromatic heterocycles. The van der Waals surface area contributed by atoms with Gasteiger partial charge in [0.05, 0.1) is 23.8 Å². The lowest BCUT2D eigenvalue weighted by Crippen LogP contribution is -2.20. The Morgan fingerprint density at radius 2 is 2.04 bits per heavy atom. The van der Waals surface area contributed by atoms with Crippen LogP contribution in [-0.2, 0) is 7.05 Å². The summed E-state index contributed by atoms with van der Waals surface area (Å²) in [6.45, 7) is 0. The lowest BCUT2D eigenvalue weighted by Gasteiger charge is -2.08. The van der Waals surface area contributed by atoms with Crippen molar-refractivity contribution in [3.05, 3.63) is 64.2 Å². The quantitative estimate of drug-likeness (QED) is 0.399. The Hall–Kier alpha value is -2.67. The summed E-state index contributed by atoms with van der Waals surface area (Å²) in [6.07, 6.45) is 0. The van der Waals surface area contributed by atoms with Crippen LogP contribution in [0.3, 0.4) is 0 Å². The van der Waals surface area contributed by atoms with Gasteiger partial charge in [0, 0.05) is 12.6 Å². The smallest absolute Gasteiger partial charge is 0.261 e. The number of para-hydroxylation sites is 1. The first-order valence-electron chi connectivity index (χ1n) is 7.46. The number of ketones is 1. The SMILES string of the molecule is COc1ccc(C(=O)CSc2nc3ccccc3c(=O)n2C)cc1F. The molecule has 0 aliphatic carbocycles. The predicted octanol–water partition coefficient (Wildman–Crippen LogP) is 3.06. The fraction of sp³-hybridized carbons (Fsp3) is 0.167. The van der Waals surface area contributed by atoms with Gasteiger partial charge in [-0.2, -0.15) is 0 Å². The van der Waals surface area contributed by atoms with E-state index in [1.54, 1.807) is 31.3 Å². The summed E-state index contributed by atoms with van der Waals surface area (Å²) in [6, 6.07) is 11.1. The Labute approximate surface area is 147 Å². The molecule has 0 atom stereocenters. The van der Waals surface area contributed by atoms with E-state index < -0.39 is 5.82 Å². The van der Waals surface area contributed by atoms with Gasteiger partial charge in [-0.3, -0.25) is 14.2 Å². The lowest BCUT2D eigenvalue weighted by atomic mass is 10.1. The Morgan fingerprint density at radius 1 is 1.28 bits per heavy atom. The molecule has 0 spiro atoms. The number of thioether (sulfide) groups is 1. The number of hydrogen-bond acceptors (Lipinski definition) is 5. The molecule has 0 N–H and O–H groups in total. The van der Waals surface area contributed by atoms with Crippen molar-refractivity contribution in [3.63, 3.8) is 0 Å². The summed E-state index contributed by atoms with van der Waals surface area (Å²) >= 11 is 1.14. The fourth-order valence-electron chi connectivity index (χ4n) is 2.38. The molecule has 25 heavy (non-hydrogen) atoms. The summed E-state index contributed by atoms with van der Waals surface area (Å²) in [5.74, 6) is -0.712. The largest absolute Gasteiger partial charge is 0.494 e.